The molecule has 0 fully saturated rings. The molecule has 1 N–H and O–H groups in total. The van der Waals surface area contributed by atoms with Crippen molar-refractivity contribution in [2.24, 2.45) is 0 Å². The fourth-order valence-electron chi connectivity index (χ4n) is 1.10. The number of hydrogen-bond donors (Lipinski definition) is 1. The highest BCUT2D eigenvalue weighted by molar-refractivity contribution is 9.09. The molecule has 4 nitrogen and oxygen atoms in total. The lowest BCUT2D eigenvalue weighted by Crippen LogP contribution is -1.89. The van der Waals surface area contributed by atoms with Crippen LogP contribution in [0.3, 0.4) is 0 Å². The number of phenolic OH excluding ortho intramolecular Hbond substituents is 1. The molecule has 5 heteroatoms. The second-order valence-corrected chi connectivity index (χ2v) is 3.65. The van der Waals surface area contributed by atoms with Crippen LogP contribution >= 0.6 is 15.9 Å². The molecule has 1 rings (SSSR count). The van der Waals surface area contributed by atoms with Gasteiger partial charge in [-0.25, -0.2) is 0 Å². The van der Waals surface area contributed by atoms with E-state index < -0.39 is 4.92 Å². The normalized spacial score (nSPS) is 10.7. The fourth-order valence-corrected chi connectivity index (χ4v) is 1.37. The van der Waals surface area contributed by atoms with Crippen molar-refractivity contribution in [1.82, 2.24) is 0 Å². The topological polar surface area (TPSA) is 63.4 Å². The van der Waals surface area contributed by atoms with Crippen LogP contribution in [0.4, 0.5) is 5.69 Å². The molecule has 0 aliphatic carbocycles. The zero-order valence-electron chi connectivity index (χ0n) is 7.89. The van der Waals surface area contributed by atoms with Crippen LogP contribution in [0.1, 0.15) is 12.0 Å². The van der Waals surface area contributed by atoms with Crippen molar-refractivity contribution >= 4 is 27.7 Å². The summed E-state index contributed by atoms with van der Waals surface area (Å²) in [4.78, 5) is 9.92. The highest BCUT2D eigenvalue weighted by Gasteiger charge is 2.14. The lowest BCUT2D eigenvalue weighted by Gasteiger charge is -1.99. The van der Waals surface area contributed by atoms with E-state index in [1.54, 1.807) is 18.2 Å². The Morgan fingerprint density at radius 2 is 2.27 bits per heavy atom. The maximum Gasteiger partial charge on any atom is 0.311 e. The number of nitro benzene ring substituents is 1. The molecule has 0 aromatic heterocycles. The van der Waals surface area contributed by atoms with Gasteiger partial charge in [-0.3, -0.25) is 10.1 Å². The molecule has 80 valence electrons. The average Bonchev–Trinajstić information content (AvgIpc) is 2.20. The Morgan fingerprint density at radius 3 is 2.87 bits per heavy atom. The van der Waals surface area contributed by atoms with Gasteiger partial charge in [-0.2, -0.15) is 0 Å². The van der Waals surface area contributed by atoms with Gasteiger partial charge in [0, 0.05) is 17.0 Å². The largest absolute Gasteiger partial charge is 0.502 e. The van der Waals surface area contributed by atoms with E-state index in [-0.39, 0.29) is 11.4 Å². The molecular formula is C10H10BrNO3. The predicted molar refractivity (Wildman–Crippen MR) is 62.2 cm³/mol. The van der Waals surface area contributed by atoms with Gasteiger partial charge in [-0.1, -0.05) is 40.2 Å². The van der Waals surface area contributed by atoms with Crippen molar-refractivity contribution in [2.45, 2.75) is 6.42 Å². The number of aromatic hydroxyl groups is 1. The maximum atomic E-state index is 10.5. The molecule has 0 saturated heterocycles. The van der Waals surface area contributed by atoms with Crippen LogP contribution in [-0.4, -0.2) is 15.4 Å². The number of rotatable bonds is 4. The summed E-state index contributed by atoms with van der Waals surface area (Å²) in [5.74, 6) is -0.284. The molecule has 0 saturated carbocycles. The molecule has 0 aliphatic heterocycles. The quantitative estimate of drug-likeness (QED) is 0.520. The molecule has 0 spiro atoms. The third kappa shape index (κ3) is 3.06. The van der Waals surface area contributed by atoms with Gasteiger partial charge in [-0.05, 0) is 6.42 Å². The van der Waals surface area contributed by atoms with Crippen LogP contribution in [0.2, 0.25) is 0 Å². The Bertz CT molecular complexity index is 390. The number of halogens is 1. The first-order valence-corrected chi connectivity index (χ1v) is 5.48. The van der Waals surface area contributed by atoms with Crippen molar-refractivity contribution in [3.8, 4) is 5.75 Å². The Hall–Kier alpha value is -1.36. The number of nitrogens with zero attached hydrogens (tertiary/aromatic N) is 1. The van der Waals surface area contributed by atoms with Crippen molar-refractivity contribution in [3.05, 3.63) is 40.0 Å². The van der Waals surface area contributed by atoms with Crippen molar-refractivity contribution in [2.75, 3.05) is 5.33 Å². The van der Waals surface area contributed by atoms with Crippen LogP contribution in [0.25, 0.3) is 6.08 Å². The smallest absolute Gasteiger partial charge is 0.311 e. The first kappa shape index (κ1) is 11.7. The SMILES string of the molecule is O=[N+]([O-])c1cccc(C=CCCBr)c1O. The van der Waals surface area contributed by atoms with Gasteiger partial charge in [0.25, 0.3) is 0 Å². The number of nitro groups is 1. The Morgan fingerprint density at radius 1 is 1.53 bits per heavy atom. The number of phenols is 1. The summed E-state index contributed by atoms with van der Waals surface area (Å²) in [6.45, 7) is 0. The molecule has 0 unspecified atom stereocenters. The van der Waals surface area contributed by atoms with E-state index >= 15 is 0 Å². The first-order chi connectivity index (χ1) is 7.16. The number of allylic oxidation sites excluding steroid dienone is 1. The van der Waals surface area contributed by atoms with E-state index in [0.29, 0.717) is 5.56 Å². The van der Waals surface area contributed by atoms with E-state index in [0.717, 1.165) is 11.8 Å². The number of para-hydroxylation sites is 1. The summed E-state index contributed by atoms with van der Waals surface area (Å²) in [7, 11) is 0. The molecule has 0 bridgehead atoms. The monoisotopic (exact) mass is 271 g/mol. The first-order valence-electron chi connectivity index (χ1n) is 4.35. The Balaban J connectivity index is 2.99. The molecule has 0 amide bonds. The minimum absolute atomic E-state index is 0.268. The minimum Gasteiger partial charge on any atom is -0.502 e. The van der Waals surface area contributed by atoms with Crippen LogP contribution in [0.15, 0.2) is 24.3 Å². The maximum absolute atomic E-state index is 10.5. The van der Waals surface area contributed by atoms with E-state index in [2.05, 4.69) is 15.9 Å². The van der Waals surface area contributed by atoms with E-state index in [1.165, 1.54) is 6.07 Å². The van der Waals surface area contributed by atoms with Crippen molar-refractivity contribution < 1.29 is 10.0 Å². The Labute approximate surface area is 95.5 Å². The molecule has 0 atom stereocenters. The molecule has 0 heterocycles. The van der Waals surface area contributed by atoms with E-state index in [4.69, 9.17) is 0 Å². The van der Waals surface area contributed by atoms with E-state index in [9.17, 15) is 15.2 Å². The second-order valence-electron chi connectivity index (χ2n) is 2.85. The predicted octanol–water partition coefficient (Wildman–Crippen LogP) is 3.10. The number of hydrogen-bond acceptors (Lipinski definition) is 3. The van der Waals surface area contributed by atoms with E-state index in [1.807, 2.05) is 6.08 Å². The van der Waals surface area contributed by atoms with Crippen molar-refractivity contribution in [1.29, 1.82) is 0 Å². The summed E-state index contributed by atoms with van der Waals surface area (Å²) in [6, 6.07) is 4.45. The van der Waals surface area contributed by atoms with Crippen LogP contribution < -0.4 is 0 Å². The highest BCUT2D eigenvalue weighted by atomic mass is 79.9. The van der Waals surface area contributed by atoms with Gasteiger partial charge in [-0.15, -0.1) is 0 Å². The lowest BCUT2D eigenvalue weighted by atomic mass is 10.1. The van der Waals surface area contributed by atoms with Gasteiger partial charge < -0.3 is 5.11 Å². The summed E-state index contributed by atoms with van der Waals surface area (Å²) in [5.41, 5.74) is 0.196. The van der Waals surface area contributed by atoms with Gasteiger partial charge in [0.2, 0.25) is 5.75 Å². The molecular weight excluding hydrogens is 262 g/mol. The second kappa shape index (κ2) is 5.50. The summed E-state index contributed by atoms with van der Waals surface area (Å²) in [6.07, 6.45) is 4.32. The molecule has 1 aromatic carbocycles. The molecule has 0 radical (unpaired) electrons. The summed E-state index contributed by atoms with van der Waals surface area (Å²) in [5, 5.41) is 20.9. The molecule has 0 aliphatic rings. The zero-order valence-corrected chi connectivity index (χ0v) is 9.48. The van der Waals surface area contributed by atoms with Gasteiger partial charge >= 0.3 is 5.69 Å². The standard InChI is InChI=1S/C10H10BrNO3/c11-7-2-1-4-8-5-3-6-9(10(8)13)12(14)15/h1,3-6,13H,2,7H2. The minimum atomic E-state index is -0.600. The summed E-state index contributed by atoms with van der Waals surface area (Å²) >= 11 is 3.26. The zero-order chi connectivity index (χ0) is 11.3. The van der Waals surface area contributed by atoms with Crippen LogP contribution in [0, 0.1) is 10.1 Å². The fraction of sp³-hybridized carbons (Fsp3) is 0.200. The van der Waals surface area contributed by atoms with Gasteiger partial charge in [0.1, 0.15) is 0 Å². The van der Waals surface area contributed by atoms with Crippen molar-refractivity contribution in [3.63, 3.8) is 0 Å². The average molecular weight is 272 g/mol. The summed E-state index contributed by atoms with van der Waals surface area (Å²) < 4.78 is 0. The van der Waals surface area contributed by atoms with Crippen LogP contribution in [0.5, 0.6) is 5.75 Å². The van der Waals surface area contributed by atoms with Gasteiger partial charge in [0.05, 0.1) is 4.92 Å². The lowest BCUT2D eigenvalue weighted by molar-refractivity contribution is -0.385. The number of alkyl halides is 1. The Kier molecular flexibility index (Phi) is 4.30. The third-order valence-electron chi connectivity index (χ3n) is 1.82. The molecule has 15 heavy (non-hydrogen) atoms. The third-order valence-corrected chi connectivity index (χ3v) is 2.27. The van der Waals surface area contributed by atoms with Gasteiger partial charge in [0.15, 0.2) is 0 Å². The van der Waals surface area contributed by atoms with Crippen LogP contribution in [-0.2, 0) is 0 Å². The molecule has 1 aromatic rings. The highest BCUT2D eigenvalue weighted by Crippen LogP contribution is 2.30. The number of benzene rings is 1.